The summed E-state index contributed by atoms with van der Waals surface area (Å²) in [5.74, 6) is -0.585. The Labute approximate surface area is 135 Å². The number of rotatable bonds is 5. The molecule has 4 nitrogen and oxygen atoms in total. The Morgan fingerprint density at radius 1 is 1.04 bits per heavy atom. The van der Waals surface area contributed by atoms with Gasteiger partial charge in [0.05, 0.1) is 11.0 Å². The molecule has 24 heavy (non-hydrogen) atoms. The summed E-state index contributed by atoms with van der Waals surface area (Å²) in [4.78, 5) is -0.879. The third kappa shape index (κ3) is 3.85. The van der Waals surface area contributed by atoms with E-state index >= 15 is 0 Å². The van der Waals surface area contributed by atoms with E-state index in [1.54, 1.807) is 6.07 Å². The number of halogens is 4. The van der Waals surface area contributed by atoms with E-state index in [1.165, 1.54) is 18.2 Å². The van der Waals surface area contributed by atoms with Crippen LogP contribution in [0, 0.1) is 5.82 Å². The highest BCUT2D eigenvalue weighted by Crippen LogP contribution is 2.30. The molecule has 0 aliphatic carbocycles. The van der Waals surface area contributed by atoms with Crippen molar-refractivity contribution in [2.45, 2.75) is 16.5 Å². The SMILES string of the molecule is O=S(=O)(c1ccc(NC[C@@H](O)c2ccccc2F)cc1)C(F)(F)F. The molecule has 130 valence electrons. The first-order valence-electron chi connectivity index (χ1n) is 6.70. The van der Waals surface area contributed by atoms with Crippen molar-refractivity contribution in [2.75, 3.05) is 11.9 Å². The second-order valence-corrected chi connectivity index (χ2v) is 6.83. The Balaban J connectivity index is 2.07. The molecule has 0 fully saturated rings. The van der Waals surface area contributed by atoms with Gasteiger partial charge >= 0.3 is 5.51 Å². The lowest BCUT2D eigenvalue weighted by atomic mass is 10.1. The lowest BCUT2D eigenvalue weighted by Crippen LogP contribution is -2.23. The molecule has 0 saturated carbocycles. The van der Waals surface area contributed by atoms with E-state index in [0.29, 0.717) is 0 Å². The number of anilines is 1. The Bertz CT molecular complexity index is 804. The van der Waals surface area contributed by atoms with Crippen LogP contribution < -0.4 is 5.32 Å². The molecule has 0 spiro atoms. The van der Waals surface area contributed by atoms with Crippen molar-refractivity contribution in [3.8, 4) is 0 Å². The van der Waals surface area contributed by atoms with Gasteiger partial charge in [0, 0.05) is 17.8 Å². The molecule has 0 heterocycles. The van der Waals surface area contributed by atoms with Crippen molar-refractivity contribution in [1.29, 1.82) is 0 Å². The van der Waals surface area contributed by atoms with Crippen LogP contribution in [-0.4, -0.2) is 25.6 Å². The highest BCUT2D eigenvalue weighted by Gasteiger charge is 2.46. The van der Waals surface area contributed by atoms with Crippen molar-refractivity contribution >= 4 is 15.5 Å². The summed E-state index contributed by atoms with van der Waals surface area (Å²) in [6.45, 7) is -0.105. The summed E-state index contributed by atoms with van der Waals surface area (Å²) in [5, 5.41) is 12.6. The van der Waals surface area contributed by atoms with E-state index in [9.17, 15) is 31.1 Å². The number of aliphatic hydroxyl groups excluding tert-OH is 1. The molecule has 2 N–H and O–H groups in total. The Hall–Kier alpha value is -2.13. The Morgan fingerprint density at radius 2 is 1.62 bits per heavy atom. The van der Waals surface area contributed by atoms with Crippen molar-refractivity contribution in [3.05, 3.63) is 59.9 Å². The molecular formula is C15H13F4NO3S. The zero-order valence-corrected chi connectivity index (χ0v) is 12.9. The fourth-order valence-electron chi connectivity index (χ4n) is 1.96. The topological polar surface area (TPSA) is 66.4 Å². The Kier molecular flexibility index (Phi) is 5.14. The number of alkyl halides is 3. The minimum atomic E-state index is -5.40. The molecule has 0 amide bonds. The Morgan fingerprint density at radius 3 is 2.17 bits per heavy atom. The van der Waals surface area contributed by atoms with E-state index in [-0.39, 0.29) is 17.8 Å². The molecule has 0 aliphatic rings. The monoisotopic (exact) mass is 363 g/mol. The number of sulfone groups is 1. The predicted octanol–water partition coefficient (Wildman–Crippen LogP) is 3.26. The number of hydrogen-bond acceptors (Lipinski definition) is 4. The van der Waals surface area contributed by atoms with Crippen LogP contribution in [0.1, 0.15) is 11.7 Å². The number of benzene rings is 2. The van der Waals surface area contributed by atoms with E-state index in [0.717, 1.165) is 24.3 Å². The molecule has 1 atom stereocenters. The maximum absolute atomic E-state index is 13.5. The van der Waals surface area contributed by atoms with Crippen LogP contribution in [0.2, 0.25) is 0 Å². The summed E-state index contributed by atoms with van der Waals surface area (Å²) < 4.78 is 73.2. The zero-order chi connectivity index (χ0) is 18.0. The van der Waals surface area contributed by atoms with Gasteiger partial charge in [0.25, 0.3) is 9.84 Å². The van der Waals surface area contributed by atoms with Crippen molar-refractivity contribution in [1.82, 2.24) is 0 Å². The van der Waals surface area contributed by atoms with Crippen LogP contribution in [0.15, 0.2) is 53.4 Å². The molecule has 0 unspecified atom stereocenters. The smallest absolute Gasteiger partial charge is 0.386 e. The van der Waals surface area contributed by atoms with Crippen molar-refractivity contribution in [3.63, 3.8) is 0 Å². The van der Waals surface area contributed by atoms with Gasteiger partial charge in [-0.05, 0) is 30.3 Å². The highest BCUT2D eigenvalue weighted by atomic mass is 32.2. The summed E-state index contributed by atoms with van der Waals surface area (Å²) >= 11 is 0. The van der Waals surface area contributed by atoms with Gasteiger partial charge in [0.2, 0.25) is 0 Å². The van der Waals surface area contributed by atoms with Crippen LogP contribution in [-0.2, 0) is 9.84 Å². The van der Waals surface area contributed by atoms with Crippen LogP contribution in [0.4, 0.5) is 23.2 Å². The first-order chi connectivity index (χ1) is 11.1. The van der Waals surface area contributed by atoms with Crippen molar-refractivity contribution in [2.24, 2.45) is 0 Å². The highest BCUT2D eigenvalue weighted by molar-refractivity contribution is 7.92. The average molecular weight is 363 g/mol. The molecule has 9 heteroatoms. The molecule has 0 bridgehead atoms. The van der Waals surface area contributed by atoms with Gasteiger partial charge in [-0.15, -0.1) is 0 Å². The van der Waals surface area contributed by atoms with Crippen LogP contribution in [0.5, 0.6) is 0 Å². The fourth-order valence-corrected chi connectivity index (χ4v) is 2.72. The first kappa shape index (κ1) is 18.2. The van der Waals surface area contributed by atoms with Gasteiger partial charge < -0.3 is 10.4 Å². The third-order valence-corrected chi connectivity index (χ3v) is 4.74. The van der Waals surface area contributed by atoms with E-state index in [2.05, 4.69) is 5.32 Å². The quantitative estimate of drug-likeness (QED) is 0.801. The number of nitrogens with one attached hydrogen (secondary N) is 1. The van der Waals surface area contributed by atoms with Gasteiger partial charge in [0.15, 0.2) is 0 Å². The van der Waals surface area contributed by atoms with Crippen LogP contribution in [0.3, 0.4) is 0 Å². The summed E-state index contributed by atoms with van der Waals surface area (Å²) in [6.07, 6.45) is -1.18. The molecule has 2 aromatic rings. The number of hydrogen-bond donors (Lipinski definition) is 2. The molecule has 2 rings (SSSR count). The molecule has 0 aromatic heterocycles. The van der Waals surface area contributed by atoms with Crippen LogP contribution in [0.25, 0.3) is 0 Å². The van der Waals surface area contributed by atoms with Gasteiger partial charge in [-0.3, -0.25) is 0 Å². The average Bonchev–Trinajstić information content (AvgIpc) is 2.52. The van der Waals surface area contributed by atoms with Gasteiger partial charge in [-0.1, -0.05) is 18.2 Å². The summed E-state index contributed by atoms with van der Waals surface area (Å²) in [7, 11) is -5.40. The normalized spacial score (nSPS) is 13.5. The maximum Gasteiger partial charge on any atom is 0.501 e. The zero-order valence-electron chi connectivity index (χ0n) is 12.1. The molecule has 0 saturated heterocycles. The van der Waals surface area contributed by atoms with Crippen LogP contribution >= 0.6 is 0 Å². The lowest BCUT2D eigenvalue weighted by Gasteiger charge is -2.14. The second-order valence-electron chi connectivity index (χ2n) is 4.89. The number of aliphatic hydroxyl groups is 1. The predicted molar refractivity (Wildman–Crippen MR) is 79.5 cm³/mol. The van der Waals surface area contributed by atoms with E-state index in [4.69, 9.17) is 0 Å². The fraction of sp³-hybridized carbons (Fsp3) is 0.200. The lowest BCUT2D eigenvalue weighted by molar-refractivity contribution is -0.0436. The third-order valence-electron chi connectivity index (χ3n) is 3.23. The van der Waals surface area contributed by atoms with E-state index < -0.39 is 32.2 Å². The van der Waals surface area contributed by atoms with Crippen molar-refractivity contribution < 1.29 is 31.1 Å². The molecule has 0 aliphatic heterocycles. The van der Waals surface area contributed by atoms with Gasteiger partial charge in [-0.25, -0.2) is 12.8 Å². The summed E-state index contributed by atoms with van der Waals surface area (Å²) in [6, 6.07) is 9.49. The largest absolute Gasteiger partial charge is 0.501 e. The molecule has 0 radical (unpaired) electrons. The van der Waals surface area contributed by atoms with Gasteiger partial charge in [-0.2, -0.15) is 13.2 Å². The van der Waals surface area contributed by atoms with E-state index in [1.807, 2.05) is 0 Å². The standard InChI is InChI=1S/C15H13F4NO3S/c16-13-4-2-1-3-12(13)14(21)9-20-10-5-7-11(8-6-10)24(22,23)15(17,18)19/h1-8,14,20-21H,9H2/t14-/m1/s1. The summed E-state index contributed by atoms with van der Waals surface area (Å²) in [5.41, 5.74) is -5.02. The minimum Gasteiger partial charge on any atom is -0.386 e. The minimum absolute atomic E-state index is 0.0706. The molecule has 2 aromatic carbocycles. The second kappa shape index (κ2) is 6.78. The van der Waals surface area contributed by atoms with Gasteiger partial charge in [0.1, 0.15) is 5.82 Å². The maximum atomic E-state index is 13.5. The first-order valence-corrected chi connectivity index (χ1v) is 8.19. The molecular weight excluding hydrogens is 350 g/mol.